The zero-order chi connectivity index (χ0) is 21.1. The summed E-state index contributed by atoms with van der Waals surface area (Å²) in [6, 6.07) is 8.61. The molecule has 0 radical (unpaired) electrons. The van der Waals surface area contributed by atoms with Crippen LogP contribution in [0.1, 0.15) is 46.1 Å². The SMILES string of the molecule is CCNC(=NCC(C)Oc1cccc(C)c1)NC1CCN(CCOC(C)C)CC1. The Bertz CT molecular complexity index is 613. The topological polar surface area (TPSA) is 58.1 Å². The number of aryl methyl sites for hydroxylation is 1. The molecule has 1 unspecified atom stereocenters. The van der Waals surface area contributed by atoms with E-state index in [0.717, 1.165) is 57.3 Å². The van der Waals surface area contributed by atoms with Gasteiger partial charge in [0.1, 0.15) is 11.9 Å². The van der Waals surface area contributed by atoms with Crippen molar-refractivity contribution in [2.24, 2.45) is 4.99 Å². The standard InChI is InChI=1S/C23H40N4O2/c1-6-24-23(25-17-20(5)29-22-9-7-8-19(4)16-22)26-21-10-12-27(13-11-21)14-15-28-18(2)3/h7-9,16,18,20-21H,6,10-15,17H2,1-5H3,(H2,24,25,26). The van der Waals surface area contributed by atoms with Crippen LogP contribution in [0.3, 0.4) is 0 Å². The molecular formula is C23H40N4O2. The summed E-state index contributed by atoms with van der Waals surface area (Å²) in [6.07, 6.45) is 2.59. The van der Waals surface area contributed by atoms with E-state index in [1.165, 1.54) is 5.56 Å². The molecule has 6 nitrogen and oxygen atoms in total. The number of hydrogen-bond donors (Lipinski definition) is 2. The van der Waals surface area contributed by atoms with Gasteiger partial charge in [0.25, 0.3) is 0 Å². The number of likely N-dealkylation sites (tertiary alicyclic amines) is 1. The number of aliphatic imine (C=N–C) groups is 1. The van der Waals surface area contributed by atoms with E-state index in [1.54, 1.807) is 0 Å². The number of rotatable bonds is 10. The van der Waals surface area contributed by atoms with Gasteiger partial charge in [0.2, 0.25) is 0 Å². The molecule has 0 spiro atoms. The minimum Gasteiger partial charge on any atom is -0.489 e. The number of benzene rings is 1. The number of nitrogens with one attached hydrogen (secondary N) is 2. The molecule has 0 bridgehead atoms. The molecule has 29 heavy (non-hydrogen) atoms. The summed E-state index contributed by atoms with van der Waals surface area (Å²) in [6.45, 7) is 15.9. The van der Waals surface area contributed by atoms with Crippen molar-refractivity contribution in [2.75, 3.05) is 39.3 Å². The highest BCUT2D eigenvalue weighted by atomic mass is 16.5. The van der Waals surface area contributed by atoms with Gasteiger partial charge in [-0.3, -0.25) is 0 Å². The molecule has 1 aromatic carbocycles. The largest absolute Gasteiger partial charge is 0.489 e. The van der Waals surface area contributed by atoms with E-state index in [4.69, 9.17) is 14.5 Å². The van der Waals surface area contributed by atoms with E-state index in [0.29, 0.717) is 18.7 Å². The van der Waals surface area contributed by atoms with Gasteiger partial charge in [-0.15, -0.1) is 0 Å². The highest BCUT2D eigenvalue weighted by Gasteiger charge is 2.20. The second kappa shape index (κ2) is 12.7. The molecule has 1 aromatic rings. The van der Waals surface area contributed by atoms with E-state index in [-0.39, 0.29) is 6.10 Å². The van der Waals surface area contributed by atoms with Crippen molar-refractivity contribution in [2.45, 2.75) is 65.7 Å². The molecule has 0 amide bonds. The fourth-order valence-corrected chi connectivity index (χ4v) is 3.41. The molecule has 2 N–H and O–H groups in total. The first kappa shape index (κ1) is 23.5. The second-order valence-corrected chi connectivity index (χ2v) is 8.14. The van der Waals surface area contributed by atoms with Crippen LogP contribution < -0.4 is 15.4 Å². The summed E-state index contributed by atoms with van der Waals surface area (Å²) < 4.78 is 11.7. The molecule has 1 heterocycles. The van der Waals surface area contributed by atoms with Gasteiger partial charge in [-0.2, -0.15) is 0 Å². The number of piperidine rings is 1. The Morgan fingerprint density at radius 3 is 2.66 bits per heavy atom. The van der Waals surface area contributed by atoms with Crippen LogP contribution in [-0.4, -0.2) is 68.4 Å². The van der Waals surface area contributed by atoms with Crippen LogP contribution >= 0.6 is 0 Å². The van der Waals surface area contributed by atoms with Gasteiger partial charge < -0.3 is 25.0 Å². The number of guanidine groups is 1. The normalized spacial score (nSPS) is 17.4. The van der Waals surface area contributed by atoms with Crippen LogP contribution in [0.2, 0.25) is 0 Å². The maximum Gasteiger partial charge on any atom is 0.191 e. The summed E-state index contributed by atoms with van der Waals surface area (Å²) in [7, 11) is 0. The molecule has 2 rings (SSSR count). The first-order valence-corrected chi connectivity index (χ1v) is 11.1. The Kier molecular flexibility index (Phi) is 10.3. The lowest BCUT2D eigenvalue weighted by Crippen LogP contribution is -2.49. The fourth-order valence-electron chi connectivity index (χ4n) is 3.41. The monoisotopic (exact) mass is 404 g/mol. The fraction of sp³-hybridized carbons (Fsp3) is 0.696. The molecule has 164 valence electrons. The molecule has 1 aliphatic heterocycles. The van der Waals surface area contributed by atoms with Crippen molar-refractivity contribution in [3.8, 4) is 5.75 Å². The Hall–Kier alpha value is -1.79. The average Bonchev–Trinajstić information content (AvgIpc) is 2.67. The maximum absolute atomic E-state index is 6.00. The third-order valence-electron chi connectivity index (χ3n) is 4.96. The van der Waals surface area contributed by atoms with Gasteiger partial charge in [-0.1, -0.05) is 12.1 Å². The van der Waals surface area contributed by atoms with E-state index in [1.807, 2.05) is 12.1 Å². The lowest BCUT2D eigenvalue weighted by atomic mass is 10.1. The van der Waals surface area contributed by atoms with Crippen LogP contribution in [0, 0.1) is 6.92 Å². The number of hydrogen-bond acceptors (Lipinski definition) is 4. The molecule has 0 saturated carbocycles. The predicted octanol–water partition coefficient (Wildman–Crippen LogP) is 3.21. The number of ether oxygens (including phenoxy) is 2. The molecule has 1 aliphatic rings. The van der Waals surface area contributed by atoms with E-state index < -0.39 is 0 Å². The van der Waals surface area contributed by atoms with Crippen LogP contribution in [0.5, 0.6) is 5.75 Å². The van der Waals surface area contributed by atoms with E-state index in [9.17, 15) is 0 Å². The molecule has 1 fully saturated rings. The Balaban J connectivity index is 1.76. The summed E-state index contributed by atoms with van der Waals surface area (Å²) >= 11 is 0. The van der Waals surface area contributed by atoms with Gasteiger partial charge in [0.15, 0.2) is 5.96 Å². The molecular weight excluding hydrogens is 364 g/mol. The van der Waals surface area contributed by atoms with Crippen molar-refractivity contribution < 1.29 is 9.47 Å². The summed E-state index contributed by atoms with van der Waals surface area (Å²) in [4.78, 5) is 7.24. The highest BCUT2D eigenvalue weighted by molar-refractivity contribution is 5.80. The zero-order valence-electron chi connectivity index (χ0n) is 18.9. The van der Waals surface area contributed by atoms with Crippen LogP contribution in [0.15, 0.2) is 29.3 Å². The van der Waals surface area contributed by atoms with Crippen LogP contribution in [0.4, 0.5) is 0 Å². The first-order chi connectivity index (χ1) is 14.0. The molecule has 6 heteroatoms. The number of nitrogens with zero attached hydrogens (tertiary/aromatic N) is 2. The zero-order valence-corrected chi connectivity index (χ0v) is 18.9. The van der Waals surface area contributed by atoms with Gasteiger partial charge >= 0.3 is 0 Å². The van der Waals surface area contributed by atoms with Crippen LogP contribution in [0.25, 0.3) is 0 Å². The van der Waals surface area contributed by atoms with Crippen molar-refractivity contribution >= 4 is 5.96 Å². The van der Waals surface area contributed by atoms with Gasteiger partial charge in [0.05, 0.1) is 19.3 Å². The van der Waals surface area contributed by atoms with Gasteiger partial charge in [-0.25, -0.2) is 4.99 Å². The first-order valence-electron chi connectivity index (χ1n) is 11.1. The average molecular weight is 405 g/mol. The van der Waals surface area contributed by atoms with Crippen molar-refractivity contribution in [1.82, 2.24) is 15.5 Å². The quantitative estimate of drug-likeness (QED) is 0.463. The highest BCUT2D eigenvalue weighted by Crippen LogP contribution is 2.14. The summed E-state index contributed by atoms with van der Waals surface area (Å²) in [5.74, 6) is 1.79. The van der Waals surface area contributed by atoms with Crippen molar-refractivity contribution in [3.63, 3.8) is 0 Å². The third kappa shape index (κ3) is 9.50. The third-order valence-corrected chi connectivity index (χ3v) is 4.96. The second-order valence-electron chi connectivity index (χ2n) is 8.14. The smallest absolute Gasteiger partial charge is 0.191 e. The van der Waals surface area contributed by atoms with E-state index in [2.05, 4.69) is 62.3 Å². The molecule has 1 atom stereocenters. The van der Waals surface area contributed by atoms with Gasteiger partial charge in [0, 0.05) is 32.2 Å². The summed E-state index contributed by atoms with van der Waals surface area (Å²) in [5, 5.41) is 6.97. The predicted molar refractivity (Wildman–Crippen MR) is 121 cm³/mol. The van der Waals surface area contributed by atoms with Crippen molar-refractivity contribution in [3.05, 3.63) is 29.8 Å². The lowest BCUT2D eigenvalue weighted by molar-refractivity contribution is 0.0532. The maximum atomic E-state index is 6.00. The molecule has 0 aliphatic carbocycles. The summed E-state index contributed by atoms with van der Waals surface area (Å²) in [5.41, 5.74) is 1.20. The van der Waals surface area contributed by atoms with Crippen molar-refractivity contribution in [1.29, 1.82) is 0 Å². The Morgan fingerprint density at radius 1 is 1.24 bits per heavy atom. The Morgan fingerprint density at radius 2 is 2.00 bits per heavy atom. The van der Waals surface area contributed by atoms with Gasteiger partial charge in [-0.05, 0) is 65.2 Å². The lowest BCUT2D eigenvalue weighted by Gasteiger charge is -2.33. The minimum absolute atomic E-state index is 0.0232. The molecule has 0 aromatic heterocycles. The van der Waals surface area contributed by atoms with E-state index >= 15 is 0 Å². The minimum atomic E-state index is 0.0232. The molecule has 1 saturated heterocycles. The van der Waals surface area contributed by atoms with Crippen LogP contribution in [-0.2, 0) is 4.74 Å². The Labute approximate surface area is 177 Å².